The van der Waals surface area contributed by atoms with E-state index >= 15 is 0 Å². The van der Waals surface area contributed by atoms with Crippen molar-refractivity contribution in [1.82, 2.24) is 10.2 Å². The predicted molar refractivity (Wildman–Crippen MR) is 75.3 cm³/mol. The molecule has 0 radical (unpaired) electrons. The fourth-order valence-electron chi connectivity index (χ4n) is 2.11. The number of carbonyl (C=O) groups excluding carboxylic acids is 1. The zero-order chi connectivity index (χ0) is 13.1. The molecule has 6 heteroatoms. The van der Waals surface area contributed by atoms with Gasteiger partial charge in [0.15, 0.2) is 0 Å². The second-order valence-corrected chi connectivity index (χ2v) is 4.49. The molecule has 0 aromatic heterocycles. The van der Waals surface area contributed by atoms with Crippen LogP contribution in [-0.4, -0.2) is 48.7 Å². The third-order valence-corrected chi connectivity index (χ3v) is 3.09. The summed E-state index contributed by atoms with van der Waals surface area (Å²) in [5.41, 5.74) is 0.324. The van der Waals surface area contributed by atoms with Crippen molar-refractivity contribution in [2.24, 2.45) is 0 Å². The summed E-state index contributed by atoms with van der Waals surface area (Å²) in [6.07, 6.45) is 0. The molecule has 1 saturated heterocycles. The van der Waals surface area contributed by atoms with Gasteiger partial charge in [0.2, 0.25) is 0 Å². The SMILES string of the molecule is COc1ccc(C(=O)N2CCN[C@@H](C)C2)c(O)c1.Cl. The molecule has 0 aliphatic carbocycles. The van der Waals surface area contributed by atoms with E-state index in [9.17, 15) is 9.90 Å². The smallest absolute Gasteiger partial charge is 0.257 e. The Kier molecular flexibility index (Phi) is 5.44. The standard InChI is InChI=1S/C13H18N2O3.ClH/c1-9-8-15(6-5-14-9)13(17)11-4-3-10(18-2)7-12(11)16;/h3-4,7,9,14,16H,5-6,8H2,1-2H3;1H/t9-;/m0./s1. The molecule has 1 aliphatic heterocycles. The molecule has 2 N–H and O–H groups in total. The molecule has 1 aromatic rings. The Morgan fingerprint density at radius 2 is 2.26 bits per heavy atom. The molecular weight excluding hydrogens is 268 g/mol. The van der Waals surface area contributed by atoms with Crippen LogP contribution in [0.2, 0.25) is 0 Å². The van der Waals surface area contributed by atoms with Gasteiger partial charge in [0.25, 0.3) is 5.91 Å². The first kappa shape index (κ1) is 15.6. The maximum Gasteiger partial charge on any atom is 0.257 e. The van der Waals surface area contributed by atoms with Crippen molar-refractivity contribution >= 4 is 18.3 Å². The summed E-state index contributed by atoms with van der Waals surface area (Å²) < 4.78 is 5.00. The van der Waals surface area contributed by atoms with Gasteiger partial charge in [-0.3, -0.25) is 4.79 Å². The number of nitrogens with zero attached hydrogens (tertiary/aromatic N) is 1. The number of rotatable bonds is 2. The van der Waals surface area contributed by atoms with E-state index in [0.717, 1.165) is 6.54 Å². The summed E-state index contributed by atoms with van der Waals surface area (Å²) in [5, 5.41) is 13.1. The lowest BCUT2D eigenvalue weighted by atomic mass is 10.1. The van der Waals surface area contributed by atoms with Crippen LogP contribution in [-0.2, 0) is 0 Å². The van der Waals surface area contributed by atoms with E-state index in [1.54, 1.807) is 17.0 Å². The minimum atomic E-state index is -0.136. The van der Waals surface area contributed by atoms with E-state index < -0.39 is 0 Å². The lowest BCUT2D eigenvalue weighted by molar-refractivity contribution is 0.0706. The number of benzene rings is 1. The number of piperazine rings is 1. The van der Waals surface area contributed by atoms with Crippen molar-refractivity contribution < 1.29 is 14.6 Å². The molecule has 1 aliphatic rings. The number of amides is 1. The maximum absolute atomic E-state index is 12.3. The summed E-state index contributed by atoms with van der Waals surface area (Å²) >= 11 is 0. The molecule has 1 aromatic carbocycles. The molecule has 0 unspecified atom stereocenters. The Hall–Kier alpha value is -1.46. The van der Waals surface area contributed by atoms with Gasteiger partial charge in [-0.1, -0.05) is 0 Å². The monoisotopic (exact) mass is 286 g/mol. The van der Waals surface area contributed by atoms with Gasteiger partial charge in [-0.05, 0) is 19.1 Å². The first-order valence-electron chi connectivity index (χ1n) is 6.01. The largest absolute Gasteiger partial charge is 0.507 e. The normalized spacial score (nSPS) is 18.6. The van der Waals surface area contributed by atoms with Crippen molar-refractivity contribution in [1.29, 1.82) is 0 Å². The molecule has 0 spiro atoms. The van der Waals surface area contributed by atoms with E-state index in [2.05, 4.69) is 5.32 Å². The van der Waals surface area contributed by atoms with E-state index in [1.165, 1.54) is 13.2 Å². The molecule has 5 nitrogen and oxygen atoms in total. The minimum Gasteiger partial charge on any atom is -0.507 e. The van der Waals surface area contributed by atoms with Gasteiger partial charge < -0.3 is 20.1 Å². The summed E-state index contributed by atoms with van der Waals surface area (Å²) in [4.78, 5) is 14.0. The number of nitrogens with one attached hydrogen (secondary N) is 1. The van der Waals surface area contributed by atoms with Crippen molar-refractivity contribution in [2.75, 3.05) is 26.7 Å². The van der Waals surface area contributed by atoms with Crippen LogP contribution in [0.3, 0.4) is 0 Å². The summed E-state index contributed by atoms with van der Waals surface area (Å²) in [6, 6.07) is 5.02. The lowest BCUT2D eigenvalue weighted by Crippen LogP contribution is -2.51. The summed E-state index contributed by atoms with van der Waals surface area (Å²) in [5.74, 6) is 0.367. The molecule has 1 fully saturated rings. The molecule has 1 atom stereocenters. The highest BCUT2D eigenvalue weighted by atomic mass is 35.5. The number of aromatic hydroxyl groups is 1. The second-order valence-electron chi connectivity index (χ2n) is 4.49. The molecule has 1 heterocycles. The second kappa shape index (κ2) is 6.63. The first-order valence-corrected chi connectivity index (χ1v) is 6.01. The number of carbonyl (C=O) groups is 1. The van der Waals surface area contributed by atoms with E-state index in [1.807, 2.05) is 6.92 Å². The average Bonchev–Trinajstić information content (AvgIpc) is 2.37. The Bertz CT molecular complexity index is 454. The predicted octanol–water partition coefficient (Wildman–Crippen LogP) is 1.26. The molecule has 2 rings (SSSR count). The maximum atomic E-state index is 12.3. The topological polar surface area (TPSA) is 61.8 Å². The third kappa shape index (κ3) is 3.52. The van der Waals surface area contributed by atoms with Crippen LogP contribution in [0.5, 0.6) is 11.5 Å². The van der Waals surface area contributed by atoms with Gasteiger partial charge in [-0.15, -0.1) is 12.4 Å². The van der Waals surface area contributed by atoms with E-state index in [-0.39, 0.29) is 30.1 Å². The van der Waals surface area contributed by atoms with Crippen molar-refractivity contribution in [3.8, 4) is 11.5 Å². The van der Waals surface area contributed by atoms with Crippen molar-refractivity contribution in [3.05, 3.63) is 23.8 Å². The molecule has 19 heavy (non-hydrogen) atoms. The van der Waals surface area contributed by atoms with E-state index in [4.69, 9.17) is 4.74 Å². The van der Waals surface area contributed by atoms with Crippen LogP contribution >= 0.6 is 12.4 Å². The Balaban J connectivity index is 0.00000180. The number of halogens is 1. The number of phenols is 1. The van der Waals surface area contributed by atoms with Gasteiger partial charge in [0.1, 0.15) is 11.5 Å². The highest BCUT2D eigenvalue weighted by molar-refractivity contribution is 5.97. The van der Waals surface area contributed by atoms with Crippen molar-refractivity contribution in [3.63, 3.8) is 0 Å². The summed E-state index contributed by atoms with van der Waals surface area (Å²) in [6.45, 7) is 4.14. The third-order valence-electron chi connectivity index (χ3n) is 3.09. The number of methoxy groups -OCH3 is 1. The number of hydrogen-bond acceptors (Lipinski definition) is 4. The molecule has 0 bridgehead atoms. The fourth-order valence-corrected chi connectivity index (χ4v) is 2.11. The fraction of sp³-hybridized carbons (Fsp3) is 0.462. The van der Waals surface area contributed by atoms with Crippen LogP contribution in [0.15, 0.2) is 18.2 Å². The minimum absolute atomic E-state index is 0. The van der Waals surface area contributed by atoms with Crippen LogP contribution in [0.1, 0.15) is 17.3 Å². The highest BCUT2D eigenvalue weighted by Crippen LogP contribution is 2.24. The zero-order valence-corrected chi connectivity index (χ0v) is 11.9. The van der Waals surface area contributed by atoms with Gasteiger partial charge >= 0.3 is 0 Å². The molecule has 1 amide bonds. The number of ether oxygens (including phenoxy) is 1. The van der Waals surface area contributed by atoms with Gasteiger partial charge in [0.05, 0.1) is 12.7 Å². The van der Waals surface area contributed by atoms with E-state index in [0.29, 0.717) is 24.4 Å². The van der Waals surface area contributed by atoms with Crippen LogP contribution in [0.4, 0.5) is 0 Å². The van der Waals surface area contributed by atoms with Gasteiger partial charge in [0, 0.05) is 31.7 Å². The van der Waals surface area contributed by atoms with Crippen LogP contribution < -0.4 is 10.1 Å². The zero-order valence-electron chi connectivity index (χ0n) is 11.0. The molecule has 0 saturated carbocycles. The average molecular weight is 287 g/mol. The Morgan fingerprint density at radius 3 is 2.84 bits per heavy atom. The highest BCUT2D eigenvalue weighted by Gasteiger charge is 2.23. The number of hydrogen-bond donors (Lipinski definition) is 2. The van der Waals surface area contributed by atoms with Crippen LogP contribution in [0, 0.1) is 0 Å². The molecular formula is C13H19ClN2O3. The Morgan fingerprint density at radius 1 is 1.53 bits per heavy atom. The number of phenolic OH excluding ortho intramolecular Hbond substituents is 1. The quantitative estimate of drug-likeness (QED) is 0.859. The van der Waals surface area contributed by atoms with Gasteiger partial charge in [-0.25, -0.2) is 0 Å². The molecule has 106 valence electrons. The van der Waals surface area contributed by atoms with Crippen molar-refractivity contribution in [2.45, 2.75) is 13.0 Å². The summed E-state index contributed by atoms with van der Waals surface area (Å²) in [7, 11) is 1.52. The lowest BCUT2D eigenvalue weighted by Gasteiger charge is -2.32. The Labute approximate surface area is 119 Å². The van der Waals surface area contributed by atoms with Crippen LogP contribution in [0.25, 0.3) is 0 Å². The van der Waals surface area contributed by atoms with Gasteiger partial charge in [-0.2, -0.15) is 0 Å². The first-order chi connectivity index (χ1) is 8.61.